The Bertz CT molecular complexity index is 1020. The summed E-state index contributed by atoms with van der Waals surface area (Å²) in [6.45, 7) is 0. The smallest absolute Gasteiger partial charge is 0.326 e. The summed E-state index contributed by atoms with van der Waals surface area (Å²) in [5.41, 5.74) is 2.99. The van der Waals surface area contributed by atoms with Crippen molar-refractivity contribution in [1.29, 1.82) is 0 Å². The van der Waals surface area contributed by atoms with E-state index in [4.69, 9.17) is 0 Å². The fraction of sp³-hybridized carbons (Fsp3) is 0.125. The van der Waals surface area contributed by atoms with Crippen LogP contribution in [0.3, 0.4) is 0 Å². The van der Waals surface area contributed by atoms with Crippen molar-refractivity contribution in [2.75, 3.05) is 5.32 Å². The van der Waals surface area contributed by atoms with Gasteiger partial charge in [0.05, 0.1) is 6.33 Å². The Balaban J connectivity index is 1.65. The zero-order valence-corrected chi connectivity index (χ0v) is 12.5. The van der Waals surface area contributed by atoms with Crippen molar-refractivity contribution in [3.05, 3.63) is 48.7 Å². The van der Waals surface area contributed by atoms with Crippen LogP contribution in [0.5, 0.6) is 0 Å². The molecule has 0 saturated heterocycles. The van der Waals surface area contributed by atoms with E-state index in [1.807, 2.05) is 30.5 Å². The molecular formula is C16H14N6O2. The van der Waals surface area contributed by atoms with Gasteiger partial charge in [-0.2, -0.15) is 0 Å². The van der Waals surface area contributed by atoms with Gasteiger partial charge in [0.2, 0.25) is 0 Å². The van der Waals surface area contributed by atoms with Crippen molar-refractivity contribution in [1.82, 2.24) is 24.9 Å². The van der Waals surface area contributed by atoms with E-state index in [1.165, 1.54) is 12.7 Å². The number of imidazole rings is 1. The number of carboxylic acids is 1. The molecule has 0 saturated carbocycles. The van der Waals surface area contributed by atoms with E-state index >= 15 is 0 Å². The lowest BCUT2D eigenvalue weighted by Crippen LogP contribution is -2.32. The Hall–Kier alpha value is -3.42. The van der Waals surface area contributed by atoms with E-state index in [0.29, 0.717) is 23.4 Å². The van der Waals surface area contributed by atoms with Crippen molar-refractivity contribution < 1.29 is 9.90 Å². The highest BCUT2D eigenvalue weighted by Gasteiger charge is 2.21. The molecular weight excluding hydrogens is 308 g/mol. The molecule has 0 aliphatic heterocycles. The van der Waals surface area contributed by atoms with E-state index in [2.05, 4.69) is 30.2 Å². The molecule has 1 atom stereocenters. The molecule has 3 heterocycles. The largest absolute Gasteiger partial charge is 0.480 e. The molecule has 120 valence electrons. The quantitative estimate of drug-likeness (QED) is 0.446. The predicted molar refractivity (Wildman–Crippen MR) is 88.7 cm³/mol. The van der Waals surface area contributed by atoms with Crippen molar-refractivity contribution >= 4 is 33.9 Å². The highest BCUT2D eigenvalue weighted by Crippen LogP contribution is 2.21. The number of fused-ring (bicyclic) bond motifs is 2. The molecule has 1 aromatic carbocycles. The third-order valence-corrected chi connectivity index (χ3v) is 3.93. The molecule has 4 N–H and O–H groups in total. The van der Waals surface area contributed by atoms with Gasteiger partial charge in [-0.1, -0.05) is 18.2 Å². The van der Waals surface area contributed by atoms with E-state index in [1.54, 1.807) is 0 Å². The summed E-state index contributed by atoms with van der Waals surface area (Å²) in [6.07, 6.45) is 5.02. The van der Waals surface area contributed by atoms with Gasteiger partial charge < -0.3 is 20.4 Å². The average molecular weight is 322 g/mol. The zero-order valence-electron chi connectivity index (χ0n) is 12.5. The minimum atomic E-state index is -0.952. The number of hydrogen-bond acceptors (Lipinski definition) is 5. The van der Waals surface area contributed by atoms with Gasteiger partial charge in [0.25, 0.3) is 0 Å². The van der Waals surface area contributed by atoms with Crippen LogP contribution in [-0.4, -0.2) is 42.0 Å². The maximum atomic E-state index is 11.7. The molecule has 0 spiro atoms. The summed E-state index contributed by atoms with van der Waals surface area (Å²) in [5, 5.41) is 13.6. The number of nitrogens with one attached hydrogen (secondary N) is 3. The summed E-state index contributed by atoms with van der Waals surface area (Å²) < 4.78 is 0. The van der Waals surface area contributed by atoms with E-state index in [-0.39, 0.29) is 0 Å². The molecule has 0 radical (unpaired) electrons. The average Bonchev–Trinajstić information content (AvgIpc) is 3.21. The summed E-state index contributed by atoms with van der Waals surface area (Å²) >= 11 is 0. The van der Waals surface area contributed by atoms with Crippen LogP contribution in [-0.2, 0) is 11.2 Å². The Morgan fingerprint density at radius 3 is 2.96 bits per heavy atom. The lowest BCUT2D eigenvalue weighted by atomic mass is 10.1. The van der Waals surface area contributed by atoms with E-state index in [0.717, 1.165) is 16.5 Å². The first-order valence-corrected chi connectivity index (χ1v) is 7.41. The van der Waals surface area contributed by atoms with Crippen LogP contribution in [0.4, 0.5) is 5.82 Å². The minimum absolute atomic E-state index is 0.318. The first-order chi connectivity index (χ1) is 11.7. The topological polar surface area (TPSA) is 120 Å². The van der Waals surface area contributed by atoms with Gasteiger partial charge >= 0.3 is 5.97 Å². The van der Waals surface area contributed by atoms with E-state index in [9.17, 15) is 9.90 Å². The number of aliphatic carboxylic acids is 1. The van der Waals surface area contributed by atoms with E-state index < -0.39 is 12.0 Å². The van der Waals surface area contributed by atoms with Crippen LogP contribution < -0.4 is 5.32 Å². The molecule has 0 amide bonds. The lowest BCUT2D eigenvalue weighted by molar-refractivity contribution is -0.137. The Kier molecular flexibility index (Phi) is 3.34. The number of carbonyl (C=O) groups is 1. The Morgan fingerprint density at radius 2 is 2.08 bits per heavy atom. The highest BCUT2D eigenvalue weighted by molar-refractivity contribution is 5.87. The molecule has 4 aromatic rings. The fourth-order valence-corrected chi connectivity index (χ4v) is 2.76. The predicted octanol–water partition coefficient (Wildman–Crippen LogP) is 1.94. The van der Waals surface area contributed by atoms with Crippen LogP contribution in [0.15, 0.2) is 43.1 Å². The van der Waals surface area contributed by atoms with Gasteiger partial charge in [-0.05, 0) is 11.6 Å². The number of para-hydroxylation sites is 1. The van der Waals surface area contributed by atoms with Gasteiger partial charge in [0.15, 0.2) is 11.5 Å². The van der Waals surface area contributed by atoms with Crippen molar-refractivity contribution in [2.45, 2.75) is 12.5 Å². The molecule has 0 aliphatic carbocycles. The normalized spacial score (nSPS) is 12.5. The Morgan fingerprint density at radius 1 is 1.21 bits per heavy atom. The monoisotopic (exact) mass is 322 g/mol. The number of rotatable bonds is 5. The summed E-state index contributed by atoms with van der Waals surface area (Å²) in [7, 11) is 0. The SMILES string of the molecule is O=C(O)[C@@H](Cc1c[nH]c2ccccc12)Nc1ncnc2nc[nH]c12. The highest BCUT2D eigenvalue weighted by atomic mass is 16.4. The molecule has 4 rings (SSSR count). The maximum absolute atomic E-state index is 11.7. The number of aromatic amines is 2. The molecule has 0 aliphatic rings. The standard InChI is InChI=1S/C16H14N6O2/c23-16(24)12(5-9-6-17-11-4-2-1-3-10(9)11)22-15-13-14(19-7-18-13)20-8-21-15/h1-4,6-8,12,17H,5H2,(H,23,24)(H2,18,19,20,21,22)/t12-/m1/s1. The van der Waals surface area contributed by atoms with Crippen LogP contribution in [0.1, 0.15) is 5.56 Å². The number of nitrogens with zero attached hydrogens (tertiary/aromatic N) is 3. The second kappa shape index (κ2) is 5.65. The third kappa shape index (κ3) is 2.43. The van der Waals surface area contributed by atoms with Crippen molar-refractivity contribution in [3.8, 4) is 0 Å². The zero-order chi connectivity index (χ0) is 16.5. The number of carboxylic acid groups (broad SMARTS) is 1. The van der Waals surface area contributed by atoms with Crippen LogP contribution in [0.25, 0.3) is 22.1 Å². The third-order valence-electron chi connectivity index (χ3n) is 3.93. The summed E-state index contributed by atoms with van der Waals surface area (Å²) in [5.74, 6) is -0.531. The maximum Gasteiger partial charge on any atom is 0.326 e. The first kappa shape index (κ1) is 14.2. The van der Waals surface area contributed by atoms with Crippen molar-refractivity contribution in [2.24, 2.45) is 0 Å². The molecule has 24 heavy (non-hydrogen) atoms. The van der Waals surface area contributed by atoms with Crippen LogP contribution in [0, 0.1) is 0 Å². The first-order valence-electron chi connectivity index (χ1n) is 7.41. The minimum Gasteiger partial charge on any atom is -0.480 e. The van der Waals surface area contributed by atoms with Gasteiger partial charge in [-0.15, -0.1) is 0 Å². The van der Waals surface area contributed by atoms with Gasteiger partial charge in [0, 0.05) is 23.5 Å². The van der Waals surface area contributed by atoms with Crippen molar-refractivity contribution in [3.63, 3.8) is 0 Å². The number of aromatic nitrogens is 5. The molecule has 0 bridgehead atoms. The molecule has 0 unspecified atom stereocenters. The van der Waals surface area contributed by atoms with Crippen LogP contribution in [0.2, 0.25) is 0 Å². The fourth-order valence-electron chi connectivity index (χ4n) is 2.76. The molecule has 3 aromatic heterocycles. The number of anilines is 1. The van der Waals surface area contributed by atoms with Gasteiger partial charge in [-0.3, -0.25) is 0 Å². The second-order valence-corrected chi connectivity index (χ2v) is 5.42. The number of benzene rings is 1. The lowest BCUT2D eigenvalue weighted by Gasteiger charge is -2.15. The Labute approximate surface area is 136 Å². The van der Waals surface area contributed by atoms with Gasteiger partial charge in [-0.25, -0.2) is 19.7 Å². The summed E-state index contributed by atoms with van der Waals surface area (Å²) in [6, 6.07) is 6.97. The molecule has 0 fully saturated rings. The number of H-pyrrole nitrogens is 2. The second-order valence-electron chi connectivity index (χ2n) is 5.42. The molecule has 8 nitrogen and oxygen atoms in total. The number of hydrogen-bond donors (Lipinski definition) is 4. The van der Waals surface area contributed by atoms with Gasteiger partial charge in [0.1, 0.15) is 17.9 Å². The molecule has 8 heteroatoms. The summed E-state index contributed by atoms with van der Waals surface area (Å²) in [4.78, 5) is 30.0. The van der Waals surface area contributed by atoms with Crippen LogP contribution >= 0.6 is 0 Å².